The van der Waals surface area contributed by atoms with Gasteiger partial charge in [0.25, 0.3) is 0 Å². The summed E-state index contributed by atoms with van der Waals surface area (Å²) in [7, 11) is 0. The fourth-order valence-electron chi connectivity index (χ4n) is 2.07. The van der Waals surface area contributed by atoms with E-state index in [-0.39, 0.29) is 31.4 Å². The van der Waals surface area contributed by atoms with Gasteiger partial charge in [-0.1, -0.05) is 0 Å². The first-order valence-electron chi connectivity index (χ1n) is 7.00. The standard InChI is InChI=1S/C14H22N4O4/c1-9-7-10(2)18(16-9)8-13(20)17(11(3)14(21)22)6-5-15-12(4)19/h7,11H,5-6,8H2,1-4H3,(H,15,19)(H,21,22). The van der Waals surface area contributed by atoms with E-state index in [9.17, 15) is 14.4 Å². The van der Waals surface area contributed by atoms with Crippen LogP contribution in [-0.2, 0) is 20.9 Å². The van der Waals surface area contributed by atoms with Gasteiger partial charge in [-0.25, -0.2) is 4.79 Å². The predicted octanol–water partition coefficient (Wildman–Crippen LogP) is -0.0623. The number of carbonyl (C=O) groups excluding carboxylic acids is 2. The zero-order chi connectivity index (χ0) is 16.9. The second-order valence-corrected chi connectivity index (χ2v) is 5.17. The monoisotopic (exact) mass is 310 g/mol. The molecular weight excluding hydrogens is 288 g/mol. The molecule has 0 saturated carbocycles. The number of aryl methyl sites for hydroxylation is 2. The van der Waals surface area contributed by atoms with Crippen molar-refractivity contribution in [3.8, 4) is 0 Å². The minimum absolute atomic E-state index is 0.0304. The SMILES string of the molecule is CC(=O)NCCN(C(=O)Cn1nc(C)cc1C)C(C)C(=O)O. The van der Waals surface area contributed by atoms with Gasteiger partial charge in [-0.2, -0.15) is 5.10 Å². The van der Waals surface area contributed by atoms with Crippen molar-refractivity contribution in [1.82, 2.24) is 20.0 Å². The van der Waals surface area contributed by atoms with Gasteiger partial charge in [-0.3, -0.25) is 14.3 Å². The molecular formula is C14H22N4O4. The van der Waals surface area contributed by atoms with E-state index in [1.165, 1.54) is 23.4 Å². The third kappa shape index (κ3) is 4.87. The van der Waals surface area contributed by atoms with Crippen molar-refractivity contribution in [2.24, 2.45) is 0 Å². The number of nitrogens with zero attached hydrogens (tertiary/aromatic N) is 3. The quantitative estimate of drug-likeness (QED) is 0.734. The molecule has 0 spiro atoms. The second-order valence-electron chi connectivity index (χ2n) is 5.17. The minimum Gasteiger partial charge on any atom is -0.480 e. The maximum Gasteiger partial charge on any atom is 0.326 e. The van der Waals surface area contributed by atoms with Gasteiger partial charge >= 0.3 is 5.97 Å². The van der Waals surface area contributed by atoms with Crippen LogP contribution in [0, 0.1) is 13.8 Å². The van der Waals surface area contributed by atoms with Gasteiger partial charge in [-0.05, 0) is 26.8 Å². The Labute approximate surface area is 129 Å². The van der Waals surface area contributed by atoms with Gasteiger partial charge in [0, 0.05) is 25.7 Å². The maximum atomic E-state index is 12.4. The Kier molecular flexibility index (Phi) is 6.09. The molecule has 1 aromatic heterocycles. The second kappa shape index (κ2) is 7.58. The average Bonchev–Trinajstić information content (AvgIpc) is 2.71. The summed E-state index contributed by atoms with van der Waals surface area (Å²) in [6, 6.07) is 0.869. The Morgan fingerprint density at radius 3 is 2.50 bits per heavy atom. The molecule has 0 bridgehead atoms. The van der Waals surface area contributed by atoms with E-state index in [4.69, 9.17) is 5.11 Å². The lowest BCUT2D eigenvalue weighted by molar-refractivity contribution is -0.149. The smallest absolute Gasteiger partial charge is 0.326 e. The summed E-state index contributed by atoms with van der Waals surface area (Å²) in [4.78, 5) is 35.7. The molecule has 1 aromatic rings. The zero-order valence-corrected chi connectivity index (χ0v) is 13.3. The van der Waals surface area contributed by atoms with E-state index in [1.54, 1.807) is 0 Å². The van der Waals surface area contributed by atoms with Crippen molar-refractivity contribution in [2.45, 2.75) is 40.3 Å². The third-order valence-corrected chi connectivity index (χ3v) is 3.26. The van der Waals surface area contributed by atoms with Gasteiger partial charge in [0.2, 0.25) is 11.8 Å². The van der Waals surface area contributed by atoms with Crippen LogP contribution >= 0.6 is 0 Å². The van der Waals surface area contributed by atoms with E-state index >= 15 is 0 Å². The molecule has 0 aromatic carbocycles. The van der Waals surface area contributed by atoms with Crippen LogP contribution in [0.4, 0.5) is 0 Å². The Morgan fingerprint density at radius 1 is 1.41 bits per heavy atom. The number of carboxylic acid groups (broad SMARTS) is 1. The van der Waals surface area contributed by atoms with E-state index in [0.717, 1.165) is 11.4 Å². The first-order valence-corrected chi connectivity index (χ1v) is 7.00. The molecule has 2 N–H and O–H groups in total. The summed E-state index contributed by atoms with van der Waals surface area (Å²) in [5.41, 5.74) is 1.62. The highest BCUT2D eigenvalue weighted by molar-refractivity contribution is 5.83. The summed E-state index contributed by atoms with van der Waals surface area (Å²) < 4.78 is 1.54. The number of hydrogen-bond acceptors (Lipinski definition) is 4. The molecule has 1 unspecified atom stereocenters. The molecule has 122 valence electrons. The van der Waals surface area contributed by atoms with E-state index in [2.05, 4.69) is 10.4 Å². The topological polar surface area (TPSA) is 105 Å². The number of aromatic nitrogens is 2. The molecule has 1 rings (SSSR count). The van der Waals surface area contributed by atoms with Crippen molar-refractivity contribution in [2.75, 3.05) is 13.1 Å². The number of hydrogen-bond donors (Lipinski definition) is 2. The lowest BCUT2D eigenvalue weighted by Gasteiger charge is -2.26. The highest BCUT2D eigenvalue weighted by Gasteiger charge is 2.25. The van der Waals surface area contributed by atoms with Gasteiger partial charge in [0.1, 0.15) is 12.6 Å². The zero-order valence-electron chi connectivity index (χ0n) is 13.3. The average molecular weight is 310 g/mol. The van der Waals surface area contributed by atoms with Crippen LogP contribution in [0.3, 0.4) is 0 Å². The molecule has 8 heteroatoms. The summed E-state index contributed by atoms with van der Waals surface area (Å²) in [5, 5.41) is 15.9. The van der Waals surface area contributed by atoms with Crippen molar-refractivity contribution in [3.05, 3.63) is 17.5 Å². The highest BCUT2D eigenvalue weighted by atomic mass is 16.4. The first-order chi connectivity index (χ1) is 10.2. The lowest BCUT2D eigenvalue weighted by atomic mass is 10.2. The number of rotatable bonds is 7. The van der Waals surface area contributed by atoms with Crippen molar-refractivity contribution >= 4 is 17.8 Å². The number of carbonyl (C=O) groups is 3. The number of amides is 2. The molecule has 1 heterocycles. The van der Waals surface area contributed by atoms with Gasteiger partial charge in [-0.15, -0.1) is 0 Å². The maximum absolute atomic E-state index is 12.4. The fourth-order valence-corrected chi connectivity index (χ4v) is 2.07. The third-order valence-electron chi connectivity index (χ3n) is 3.26. The highest BCUT2D eigenvalue weighted by Crippen LogP contribution is 2.06. The Balaban J connectivity index is 2.80. The molecule has 22 heavy (non-hydrogen) atoms. The van der Waals surface area contributed by atoms with Crippen LogP contribution in [0.5, 0.6) is 0 Å². The molecule has 0 radical (unpaired) electrons. The molecule has 0 saturated heterocycles. The summed E-state index contributed by atoms with van der Waals surface area (Å²) >= 11 is 0. The molecule has 0 aliphatic carbocycles. The number of nitrogens with one attached hydrogen (secondary N) is 1. The van der Waals surface area contributed by atoms with Crippen LogP contribution in [0.2, 0.25) is 0 Å². The van der Waals surface area contributed by atoms with Crippen molar-refractivity contribution in [3.63, 3.8) is 0 Å². The Hall–Kier alpha value is -2.38. The Bertz CT molecular complexity index is 567. The number of carboxylic acids is 1. The summed E-state index contributed by atoms with van der Waals surface area (Å²) in [6.07, 6.45) is 0. The van der Waals surface area contributed by atoms with Crippen molar-refractivity contribution < 1.29 is 19.5 Å². The Morgan fingerprint density at radius 2 is 2.05 bits per heavy atom. The van der Waals surface area contributed by atoms with Gasteiger partial charge in [0.05, 0.1) is 5.69 Å². The van der Waals surface area contributed by atoms with Crippen LogP contribution in [0.25, 0.3) is 0 Å². The van der Waals surface area contributed by atoms with Crippen molar-refractivity contribution in [1.29, 1.82) is 0 Å². The van der Waals surface area contributed by atoms with Crippen LogP contribution in [0.15, 0.2) is 6.07 Å². The largest absolute Gasteiger partial charge is 0.480 e. The minimum atomic E-state index is -1.09. The fraction of sp³-hybridized carbons (Fsp3) is 0.571. The molecule has 8 nitrogen and oxygen atoms in total. The van der Waals surface area contributed by atoms with E-state index in [1.807, 2.05) is 19.9 Å². The molecule has 2 amide bonds. The van der Waals surface area contributed by atoms with Crippen LogP contribution in [0.1, 0.15) is 25.2 Å². The molecule has 0 fully saturated rings. The lowest BCUT2D eigenvalue weighted by Crippen LogP contribution is -2.48. The van der Waals surface area contributed by atoms with E-state index < -0.39 is 12.0 Å². The van der Waals surface area contributed by atoms with Gasteiger partial charge in [0.15, 0.2) is 0 Å². The van der Waals surface area contributed by atoms with Gasteiger partial charge < -0.3 is 15.3 Å². The van der Waals surface area contributed by atoms with Crippen LogP contribution < -0.4 is 5.32 Å². The molecule has 1 atom stereocenters. The number of aliphatic carboxylic acids is 1. The summed E-state index contributed by atoms with van der Waals surface area (Å²) in [6.45, 7) is 6.76. The molecule has 0 aliphatic rings. The predicted molar refractivity (Wildman–Crippen MR) is 79.2 cm³/mol. The summed E-state index contributed by atoms with van der Waals surface area (Å²) in [5.74, 6) is -1.68. The molecule has 0 aliphatic heterocycles. The normalized spacial score (nSPS) is 11.8. The van der Waals surface area contributed by atoms with Crippen LogP contribution in [-0.4, -0.2) is 56.7 Å². The first kappa shape index (κ1) is 17.7. The van der Waals surface area contributed by atoms with E-state index in [0.29, 0.717) is 0 Å².